The Bertz CT molecular complexity index is 2070. The zero-order valence-electron chi connectivity index (χ0n) is 35.1. The first-order chi connectivity index (χ1) is 29.6. The number of hydrogen-bond acceptors (Lipinski definition) is 13. The fourth-order valence-corrected chi connectivity index (χ4v) is 5.97. The van der Waals surface area contributed by atoms with E-state index in [9.17, 15) is 42.3 Å². The number of nitrogens with zero attached hydrogens (tertiary/aromatic N) is 3. The van der Waals surface area contributed by atoms with Gasteiger partial charge in [-0.3, -0.25) is 20.2 Å². The van der Waals surface area contributed by atoms with E-state index in [-0.39, 0.29) is 45.0 Å². The molecule has 0 amide bonds. The van der Waals surface area contributed by atoms with Crippen LogP contribution >= 0.6 is 42.6 Å². The zero-order chi connectivity index (χ0) is 47.6. The van der Waals surface area contributed by atoms with E-state index in [1.807, 2.05) is 35.6 Å². The number of rotatable bonds is 18. The molecule has 0 aliphatic heterocycles. The number of carbonyl (C=O) groups is 2. The highest BCUT2D eigenvalue weighted by atomic mass is 35.5. The van der Waals surface area contributed by atoms with Gasteiger partial charge in [-0.25, -0.2) is 4.79 Å². The van der Waals surface area contributed by atoms with Crippen LogP contribution in [0.3, 0.4) is 0 Å². The second kappa shape index (κ2) is 30.1. The third-order valence-electron chi connectivity index (χ3n) is 7.19. The maximum Gasteiger partial charge on any atom is 0.416 e. The molecular formula is C40H50Cl2F3N4O11PS2. The van der Waals surface area contributed by atoms with Crippen LogP contribution in [0.15, 0.2) is 72.8 Å². The number of carboxylic acid groups (broad SMARTS) is 1. The number of nitrogens with one attached hydrogen (secondary N) is 1. The van der Waals surface area contributed by atoms with E-state index in [2.05, 4.69) is 35.9 Å². The Morgan fingerprint density at radius 1 is 0.921 bits per heavy atom. The molecule has 0 fully saturated rings. The Kier molecular flexibility index (Phi) is 27.2. The average Bonchev–Trinajstić information content (AvgIpc) is 3.18. The van der Waals surface area contributed by atoms with Gasteiger partial charge in [-0.15, -0.1) is 10.2 Å². The lowest BCUT2D eigenvalue weighted by Crippen LogP contribution is -2.25. The smallest absolute Gasteiger partial charge is 0.416 e. The minimum Gasteiger partial charge on any atom is -0.778 e. The summed E-state index contributed by atoms with van der Waals surface area (Å²) in [7, 11) is -3.71. The Hall–Kier alpha value is -4.14. The van der Waals surface area contributed by atoms with E-state index in [1.165, 1.54) is 61.7 Å². The van der Waals surface area contributed by atoms with Crippen LogP contribution in [0.4, 0.5) is 23.7 Å². The number of ether oxygens (including phenoxy) is 3. The number of thioether (sulfide) groups is 1. The van der Waals surface area contributed by atoms with Crippen molar-refractivity contribution in [3.8, 4) is 34.3 Å². The number of nitro groups is 1. The van der Waals surface area contributed by atoms with Gasteiger partial charge in [-0.1, -0.05) is 92.6 Å². The van der Waals surface area contributed by atoms with E-state index in [0.29, 0.717) is 22.3 Å². The SMILES string of the molecule is CCCCCCCCSC(=O)Oc1cc(Cl)nnc1-c1ccccc1.CCOc1cc(Oc2ccc(C(F)(F)F)cc2Cl)ccc1[N+](=O)[O-].C[S+](C)C.O=C(O)CNCP(=O)([O-])O. The molecule has 0 saturated heterocycles. The van der Waals surface area contributed by atoms with Crippen molar-refractivity contribution in [1.29, 1.82) is 0 Å². The fourth-order valence-electron chi connectivity index (χ4n) is 4.55. The molecule has 1 heterocycles. The minimum atomic E-state index is -4.52. The molecule has 0 aliphatic rings. The van der Waals surface area contributed by atoms with E-state index < -0.39 is 43.1 Å². The lowest BCUT2D eigenvalue weighted by atomic mass is 10.1. The molecule has 3 aromatic carbocycles. The van der Waals surface area contributed by atoms with Gasteiger partial charge in [0, 0.05) is 29.5 Å². The molecule has 0 saturated carbocycles. The van der Waals surface area contributed by atoms with Gasteiger partial charge in [-0.2, -0.15) is 13.2 Å². The molecular weight excluding hydrogens is 935 g/mol. The summed E-state index contributed by atoms with van der Waals surface area (Å²) >= 11 is 12.9. The van der Waals surface area contributed by atoms with E-state index in [1.54, 1.807) is 6.92 Å². The molecule has 0 aliphatic carbocycles. The summed E-state index contributed by atoms with van der Waals surface area (Å²) < 4.78 is 63.8. The number of carbonyl (C=O) groups excluding carboxylic acids is 1. The number of alkyl halides is 3. The minimum absolute atomic E-state index is 0.0111. The number of nitro benzene ring substituents is 1. The topological polar surface area (TPSA) is 223 Å². The van der Waals surface area contributed by atoms with Gasteiger partial charge in [-0.05, 0) is 60.3 Å². The predicted molar refractivity (Wildman–Crippen MR) is 241 cm³/mol. The normalized spacial score (nSPS) is 11.6. The van der Waals surface area contributed by atoms with Gasteiger partial charge in [0.2, 0.25) is 5.75 Å². The third kappa shape index (κ3) is 25.7. The first kappa shape index (κ1) is 56.9. The summed E-state index contributed by atoms with van der Waals surface area (Å²) in [5.41, 5.74) is 0.190. The van der Waals surface area contributed by atoms with Crippen molar-refractivity contribution in [3.05, 3.63) is 98.6 Å². The molecule has 4 aromatic rings. The van der Waals surface area contributed by atoms with Crippen molar-refractivity contribution in [2.24, 2.45) is 0 Å². The van der Waals surface area contributed by atoms with Gasteiger partial charge in [0.25, 0.3) is 0 Å². The fraction of sp³-hybridized carbons (Fsp3) is 0.400. The molecule has 1 unspecified atom stereocenters. The molecule has 4 rings (SSSR count). The van der Waals surface area contributed by atoms with Crippen LogP contribution in [-0.4, -0.2) is 80.3 Å². The number of aromatic nitrogens is 2. The Labute approximate surface area is 381 Å². The van der Waals surface area contributed by atoms with Crippen molar-refractivity contribution in [1.82, 2.24) is 15.5 Å². The molecule has 0 spiro atoms. The molecule has 0 bridgehead atoms. The molecule has 1 aromatic heterocycles. The van der Waals surface area contributed by atoms with Crippen LogP contribution in [0, 0.1) is 10.1 Å². The number of carboxylic acids is 1. The molecule has 3 N–H and O–H groups in total. The van der Waals surface area contributed by atoms with Crippen LogP contribution in [0.2, 0.25) is 10.2 Å². The van der Waals surface area contributed by atoms with E-state index in [0.717, 1.165) is 42.4 Å². The zero-order valence-corrected chi connectivity index (χ0v) is 39.1. The maximum atomic E-state index is 12.6. The summed E-state index contributed by atoms with van der Waals surface area (Å²) in [6.45, 7) is 3.58. The highest BCUT2D eigenvalue weighted by Crippen LogP contribution is 2.38. The van der Waals surface area contributed by atoms with E-state index in [4.69, 9.17) is 47.4 Å². The largest absolute Gasteiger partial charge is 0.778 e. The monoisotopic (exact) mass is 984 g/mol. The first-order valence-electron chi connectivity index (χ1n) is 18.9. The van der Waals surface area contributed by atoms with Gasteiger partial charge in [0.15, 0.2) is 10.9 Å². The molecule has 348 valence electrons. The Morgan fingerprint density at radius 3 is 2.11 bits per heavy atom. The van der Waals surface area contributed by atoms with Crippen molar-refractivity contribution < 1.29 is 61.4 Å². The maximum absolute atomic E-state index is 12.6. The van der Waals surface area contributed by atoms with Crippen molar-refractivity contribution in [2.45, 2.75) is 58.5 Å². The van der Waals surface area contributed by atoms with E-state index >= 15 is 0 Å². The Balaban J connectivity index is 0.000000487. The number of benzene rings is 3. The quantitative estimate of drug-likeness (QED) is 0.0211. The van der Waals surface area contributed by atoms with Crippen LogP contribution < -0.4 is 24.4 Å². The van der Waals surface area contributed by atoms with Crippen molar-refractivity contribution >= 4 is 70.4 Å². The van der Waals surface area contributed by atoms with Crippen molar-refractivity contribution in [3.63, 3.8) is 0 Å². The van der Waals surface area contributed by atoms with Gasteiger partial charge in [0.1, 0.15) is 24.8 Å². The first-order valence-corrected chi connectivity index (χ1v) is 24.9. The highest BCUT2D eigenvalue weighted by molar-refractivity contribution is 8.13. The summed E-state index contributed by atoms with van der Waals surface area (Å²) in [4.78, 5) is 50.2. The van der Waals surface area contributed by atoms with Crippen LogP contribution in [-0.2, 0) is 26.4 Å². The van der Waals surface area contributed by atoms with Crippen LogP contribution in [0.25, 0.3) is 11.3 Å². The molecule has 1 atom stereocenters. The second-order valence-corrected chi connectivity index (χ2v) is 19.0. The number of hydrogen-bond donors (Lipinski definition) is 3. The van der Waals surface area contributed by atoms with Crippen LogP contribution in [0.5, 0.6) is 23.0 Å². The van der Waals surface area contributed by atoms with Gasteiger partial charge in [0.05, 0.1) is 53.7 Å². The summed E-state index contributed by atoms with van der Waals surface area (Å²) in [6.07, 6.45) is 8.55. The van der Waals surface area contributed by atoms with Crippen molar-refractivity contribution in [2.75, 3.05) is 44.0 Å². The third-order valence-corrected chi connectivity index (χ3v) is 9.11. The second-order valence-electron chi connectivity index (χ2n) is 13.1. The molecule has 15 nitrogen and oxygen atoms in total. The average molecular weight is 986 g/mol. The standard InChI is InChI=1S/C19H23ClN2O2S.C15H11ClF3NO4.C3H8NO5P.C3H9S/c1-2-3-4-5-6-10-13-25-19(23)24-16-14-17(20)21-22-18(16)15-11-8-7-9-12-15;1-2-23-14-8-10(4-5-12(14)20(21)22)24-13-6-3-9(7-11(13)16)15(17,18)19;5-3(6)1-4-2-10(7,8)9;1-4(2)3/h7-9,11-12,14H,2-6,10,13H2,1H3;3-8H,2H2,1H3;4H,1-2H2,(H,5,6)(H2,7,8,9);1-3H3/q;;;+1/p-1. The summed E-state index contributed by atoms with van der Waals surface area (Å²) in [5, 5.41) is 28.4. The molecule has 63 heavy (non-hydrogen) atoms. The number of halogens is 5. The lowest BCUT2D eigenvalue weighted by molar-refractivity contribution is -0.385. The van der Waals surface area contributed by atoms with Gasteiger partial charge < -0.3 is 33.7 Å². The lowest BCUT2D eigenvalue weighted by Gasteiger charge is -2.14. The molecule has 0 radical (unpaired) electrons. The summed E-state index contributed by atoms with van der Waals surface area (Å²) in [6, 6.07) is 17.4. The predicted octanol–water partition coefficient (Wildman–Crippen LogP) is 10.5. The number of unbranched alkanes of at least 4 members (excludes halogenated alkanes) is 5. The van der Waals surface area contributed by atoms with Gasteiger partial charge >= 0.3 is 23.1 Å². The summed E-state index contributed by atoms with van der Waals surface area (Å²) in [5.74, 6) is 0.0486. The Morgan fingerprint density at radius 2 is 1.56 bits per heavy atom. The molecule has 23 heteroatoms. The number of aliphatic carboxylic acids is 1. The van der Waals surface area contributed by atoms with Crippen LogP contribution in [0.1, 0.15) is 57.9 Å². The highest BCUT2D eigenvalue weighted by Gasteiger charge is 2.31.